The molecule has 1 atom stereocenters. The van der Waals surface area contributed by atoms with Crippen molar-refractivity contribution in [2.24, 2.45) is 0 Å². The molecule has 0 rings (SSSR count). The second-order valence-corrected chi connectivity index (χ2v) is 7.33. The van der Waals surface area contributed by atoms with Gasteiger partial charge in [0, 0.05) is 6.42 Å². The normalized spacial score (nSPS) is 13.4. The van der Waals surface area contributed by atoms with Crippen LogP contribution < -0.4 is 0 Å². The van der Waals surface area contributed by atoms with Gasteiger partial charge < -0.3 is 4.74 Å². The van der Waals surface area contributed by atoms with Crippen LogP contribution in [0.15, 0.2) is 12.7 Å². The minimum Gasteiger partial charge on any atom is -0.465 e. The van der Waals surface area contributed by atoms with Gasteiger partial charge >= 0.3 is 5.97 Å². The SMILES string of the molecule is C=CCCC(=O)S[C@](C)(CCCCCCCC)C(=O)OCC. The van der Waals surface area contributed by atoms with E-state index in [2.05, 4.69) is 13.5 Å². The Balaban J connectivity index is 4.42. The average molecular weight is 329 g/mol. The van der Waals surface area contributed by atoms with Gasteiger partial charge in [-0.3, -0.25) is 9.59 Å². The van der Waals surface area contributed by atoms with E-state index >= 15 is 0 Å². The lowest BCUT2D eigenvalue weighted by Crippen LogP contribution is -2.35. The predicted molar refractivity (Wildman–Crippen MR) is 95.1 cm³/mol. The first-order valence-corrected chi connectivity index (χ1v) is 9.31. The molecular formula is C18H32O3S. The van der Waals surface area contributed by atoms with Crippen LogP contribution in [0.25, 0.3) is 0 Å². The van der Waals surface area contributed by atoms with Crippen molar-refractivity contribution in [2.45, 2.75) is 83.3 Å². The molecule has 0 aromatic rings. The molecule has 0 unspecified atom stereocenters. The lowest BCUT2D eigenvalue weighted by molar-refractivity contribution is -0.146. The van der Waals surface area contributed by atoms with Crippen LogP contribution in [-0.4, -0.2) is 22.4 Å². The van der Waals surface area contributed by atoms with Gasteiger partial charge in [0.05, 0.1) is 6.61 Å². The molecule has 0 aliphatic heterocycles. The largest absolute Gasteiger partial charge is 0.465 e. The molecule has 22 heavy (non-hydrogen) atoms. The molecule has 0 bridgehead atoms. The summed E-state index contributed by atoms with van der Waals surface area (Å²) in [6.45, 7) is 9.82. The van der Waals surface area contributed by atoms with Crippen molar-refractivity contribution in [3.8, 4) is 0 Å². The predicted octanol–water partition coefficient (Wildman–Crippen LogP) is 5.28. The lowest BCUT2D eigenvalue weighted by Gasteiger charge is -2.25. The summed E-state index contributed by atoms with van der Waals surface area (Å²) in [5.41, 5.74) is 0. The van der Waals surface area contributed by atoms with Crippen LogP contribution in [0.1, 0.15) is 78.6 Å². The van der Waals surface area contributed by atoms with Crippen LogP contribution in [0.2, 0.25) is 0 Å². The van der Waals surface area contributed by atoms with Crippen LogP contribution in [0.3, 0.4) is 0 Å². The maximum absolute atomic E-state index is 12.2. The van der Waals surface area contributed by atoms with E-state index in [1.54, 1.807) is 13.0 Å². The molecular weight excluding hydrogens is 296 g/mol. The van der Waals surface area contributed by atoms with E-state index in [1.807, 2.05) is 6.92 Å². The zero-order valence-corrected chi connectivity index (χ0v) is 15.3. The maximum atomic E-state index is 12.2. The topological polar surface area (TPSA) is 43.4 Å². The van der Waals surface area contributed by atoms with Crippen LogP contribution in [0.5, 0.6) is 0 Å². The Bertz CT molecular complexity index is 341. The molecule has 0 aliphatic rings. The molecule has 0 amide bonds. The third-order valence-electron chi connectivity index (χ3n) is 3.61. The molecule has 0 radical (unpaired) electrons. The van der Waals surface area contributed by atoms with Crippen molar-refractivity contribution >= 4 is 22.8 Å². The van der Waals surface area contributed by atoms with E-state index in [-0.39, 0.29) is 11.1 Å². The van der Waals surface area contributed by atoms with Gasteiger partial charge in [0.15, 0.2) is 5.12 Å². The number of esters is 1. The van der Waals surface area contributed by atoms with Crippen molar-refractivity contribution < 1.29 is 14.3 Å². The summed E-state index contributed by atoms with van der Waals surface area (Å²) in [5, 5.41) is 0.0430. The Labute approximate surface area is 140 Å². The molecule has 0 spiro atoms. The molecule has 0 heterocycles. The van der Waals surface area contributed by atoms with Crippen molar-refractivity contribution in [3.05, 3.63) is 12.7 Å². The number of carbonyl (C=O) groups is 2. The van der Waals surface area contributed by atoms with E-state index in [1.165, 1.54) is 25.7 Å². The summed E-state index contributed by atoms with van der Waals surface area (Å²) in [6.07, 6.45) is 10.5. The fourth-order valence-electron chi connectivity index (χ4n) is 2.24. The molecule has 0 saturated heterocycles. The van der Waals surface area contributed by atoms with Crippen molar-refractivity contribution in [1.29, 1.82) is 0 Å². The quantitative estimate of drug-likeness (QED) is 0.262. The Morgan fingerprint density at radius 2 is 1.77 bits per heavy atom. The van der Waals surface area contributed by atoms with Crippen molar-refractivity contribution in [1.82, 2.24) is 0 Å². The number of thioether (sulfide) groups is 1. The van der Waals surface area contributed by atoms with Gasteiger partial charge in [-0.25, -0.2) is 0 Å². The minimum absolute atomic E-state index is 0.0430. The fourth-order valence-corrected chi connectivity index (χ4v) is 3.35. The Hall–Kier alpha value is -0.770. The van der Waals surface area contributed by atoms with Gasteiger partial charge in [-0.15, -0.1) is 6.58 Å². The van der Waals surface area contributed by atoms with Gasteiger partial charge in [-0.05, 0) is 26.7 Å². The summed E-state index contributed by atoms with van der Waals surface area (Å²) >= 11 is 1.14. The second-order valence-electron chi connectivity index (χ2n) is 5.77. The number of hydrogen-bond donors (Lipinski definition) is 0. The summed E-state index contributed by atoms with van der Waals surface area (Å²) in [4.78, 5) is 24.2. The number of unbranched alkanes of at least 4 members (excludes halogenated alkanes) is 5. The number of carbonyl (C=O) groups excluding carboxylic acids is 2. The standard InChI is InChI=1S/C18H32O3S/c1-5-8-10-11-12-13-15-18(4,17(20)21-7-3)22-16(19)14-9-6-2/h6H,2,5,7-15H2,1,3-4H3/t18-/m1/s1. The van der Waals surface area contributed by atoms with E-state index in [9.17, 15) is 9.59 Å². The van der Waals surface area contributed by atoms with Gasteiger partial charge in [-0.2, -0.15) is 0 Å². The van der Waals surface area contributed by atoms with E-state index in [0.717, 1.165) is 24.6 Å². The van der Waals surface area contributed by atoms with Crippen LogP contribution >= 0.6 is 11.8 Å². The lowest BCUT2D eigenvalue weighted by atomic mass is 10.0. The van der Waals surface area contributed by atoms with Crippen LogP contribution in [0.4, 0.5) is 0 Å². The third kappa shape index (κ3) is 9.29. The highest BCUT2D eigenvalue weighted by Gasteiger charge is 2.37. The van der Waals surface area contributed by atoms with E-state index < -0.39 is 4.75 Å². The molecule has 0 N–H and O–H groups in total. The first-order valence-electron chi connectivity index (χ1n) is 8.50. The molecule has 3 nitrogen and oxygen atoms in total. The molecule has 0 fully saturated rings. The molecule has 128 valence electrons. The Kier molecular flexibility index (Phi) is 12.3. The monoisotopic (exact) mass is 328 g/mol. The van der Waals surface area contributed by atoms with Crippen molar-refractivity contribution in [3.63, 3.8) is 0 Å². The smallest absolute Gasteiger partial charge is 0.322 e. The molecule has 0 aliphatic carbocycles. The van der Waals surface area contributed by atoms with Gasteiger partial charge in [0.1, 0.15) is 4.75 Å². The second kappa shape index (κ2) is 12.7. The van der Waals surface area contributed by atoms with Crippen LogP contribution in [0, 0.1) is 0 Å². The van der Waals surface area contributed by atoms with E-state index in [0.29, 0.717) is 25.9 Å². The van der Waals surface area contributed by atoms with Gasteiger partial charge in [-0.1, -0.05) is 63.3 Å². The van der Waals surface area contributed by atoms with E-state index in [4.69, 9.17) is 4.74 Å². The number of rotatable bonds is 13. The molecule has 0 aromatic carbocycles. The number of allylic oxidation sites excluding steroid dienone is 1. The number of ether oxygens (including phenoxy) is 1. The zero-order valence-electron chi connectivity index (χ0n) is 14.5. The number of hydrogen-bond acceptors (Lipinski definition) is 4. The van der Waals surface area contributed by atoms with Gasteiger partial charge in [0.25, 0.3) is 0 Å². The van der Waals surface area contributed by atoms with Crippen LogP contribution in [-0.2, 0) is 14.3 Å². The maximum Gasteiger partial charge on any atom is 0.322 e. The Morgan fingerprint density at radius 1 is 1.14 bits per heavy atom. The molecule has 0 saturated carbocycles. The highest BCUT2D eigenvalue weighted by Crippen LogP contribution is 2.34. The highest BCUT2D eigenvalue weighted by molar-refractivity contribution is 8.15. The summed E-state index contributed by atoms with van der Waals surface area (Å²) < 4.78 is 4.42. The zero-order chi connectivity index (χ0) is 16.8. The fraction of sp³-hybridized carbons (Fsp3) is 0.778. The first kappa shape index (κ1) is 21.2. The first-order chi connectivity index (χ1) is 10.5. The average Bonchev–Trinajstić information content (AvgIpc) is 2.49. The van der Waals surface area contributed by atoms with Gasteiger partial charge in [0.2, 0.25) is 0 Å². The summed E-state index contributed by atoms with van der Waals surface area (Å²) in [7, 11) is 0. The highest BCUT2D eigenvalue weighted by atomic mass is 32.2. The Morgan fingerprint density at radius 3 is 2.36 bits per heavy atom. The third-order valence-corrected chi connectivity index (χ3v) is 4.86. The summed E-state index contributed by atoms with van der Waals surface area (Å²) in [5.74, 6) is -0.263. The minimum atomic E-state index is -0.751. The molecule has 4 heteroatoms. The summed E-state index contributed by atoms with van der Waals surface area (Å²) in [6, 6.07) is 0. The molecule has 0 aromatic heterocycles. The van der Waals surface area contributed by atoms with Crippen molar-refractivity contribution in [2.75, 3.05) is 6.61 Å².